The van der Waals surface area contributed by atoms with Gasteiger partial charge in [-0.2, -0.15) is 0 Å². The van der Waals surface area contributed by atoms with Gasteiger partial charge in [0.05, 0.1) is 6.04 Å². The minimum absolute atomic E-state index is 0.0131. The van der Waals surface area contributed by atoms with Crippen LogP contribution in [0.1, 0.15) is 28.8 Å². The van der Waals surface area contributed by atoms with Crippen molar-refractivity contribution in [3.05, 3.63) is 41.2 Å². The van der Waals surface area contributed by atoms with Crippen LogP contribution < -0.4 is 0 Å². The molecule has 0 saturated carbocycles. The molecule has 19 heavy (non-hydrogen) atoms. The second-order valence-corrected chi connectivity index (χ2v) is 5.09. The largest absolute Gasteiger partial charge is 0.331 e. The van der Waals surface area contributed by atoms with Gasteiger partial charge in [0.2, 0.25) is 0 Å². The van der Waals surface area contributed by atoms with Crippen molar-refractivity contribution < 1.29 is 14.0 Å². The Kier molecular flexibility index (Phi) is 2.93. The van der Waals surface area contributed by atoms with Gasteiger partial charge in [-0.1, -0.05) is 12.2 Å². The van der Waals surface area contributed by atoms with Crippen LogP contribution >= 0.6 is 0 Å². The number of hydrogen-bond acceptors (Lipinski definition) is 2. The molecule has 0 spiro atoms. The van der Waals surface area contributed by atoms with Gasteiger partial charge in [-0.3, -0.25) is 4.79 Å². The lowest BCUT2D eigenvalue weighted by Gasteiger charge is -2.36. The number of piperidine rings is 1. The molecule has 0 aromatic heterocycles. The quantitative estimate of drug-likeness (QED) is 0.725. The fourth-order valence-corrected chi connectivity index (χ4v) is 2.80. The molecule has 1 aromatic rings. The van der Waals surface area contributed by atoms with Crippen LogP contribution in [0.5, 0.6) is 0 Å². The number of hydrogen-bond donors (Lipinski definition) is 0. The highest BCUT2D eigenvalue weighted by atomic mass is 19.1. The molecule has 3 rings (SSSR count). The summed E-state index contributed by atoms with van der Waals surface area (Å²) < 4.78 is 13.2. The summed E-state index contributed by atoms with van der Waals surface area (Å²) in [6.07, 6.45) is 6.24. The van der Waals surface area contributed by atoms with Crippen molar-refractivity contribution in [1.82, 2.24) is 4.90 Å². The van der Waals surface area contributed by atoms with Crippen LogP contribution in [0.2, 0.25) is 0 Å². The molecule has 2 aliphatic heterocycles. The van der Waals surface area contributed by atoms with E-state index in [9.17, 15) is 14.0 Å². The highest BCUT2D eigenvalue weighted by molar-refractivity contribution is 5.99. The first-order valence-electron chi connectivity index (χ1n) is 6.43. The van der Waals surface area contributed by atoms with Crippen LogP contribution in [0, 0.1) is 11.7 Å². The Morgan fingerprint density at radius 2 is 2.16 bits per heavy atom. The Morgan fingerprint density at radius 1 is 1.32 bits per heavy atom. The maximum absolute atomic E-state index is 13.2. The summed E-state index contributed by atoms with van der Waals surface area (Å²) in [5.41, 5.74) is 1.12. The molecule has 2 atom stereocenters. The summed E-state index contributed by atoms with van der Waals surface area (Å²) in [5.74, 6) is -0.547. The molecule has 0 aliphatic carbocycles. The third kappa shape index (κ3) is 2.07. The van der Waals surface area contributed by atoms with E-state index >= 15 is 0 Å². The van der Waals surface area contributed by atoms with E-state index in [2.05, 4.69) is 0 Å². The maximum atomic E-state index is 13.2. The van der Waals surface area contributed by atoms with E-state index in [1.54, 1.807) is 4.90 Å². The van der Waals surface area contributed by atoms with Gasteiger partial charge in [0.25, 0.3) is 5.91 Å². The number of aldehydes is 1. The fraction of sp³-hybridized carbons (Fsp3) is 0.333. The minimum atomic E-state index is -0.346. The summed E-state index contributed by atoms with van der Waals surface area (Å²) in [7, 11) is 0. The molecule has 3 nitrogen and oxygen atoms in total. The Balaban J connectivity index is 2.01. The van der Waals surface area contributed by atoms with Crippen molar-refractivity contribution in [2.45, 2.75) is 18.9 Å². The molecule has 2 heterocycles. The van der Waals surface area contributed by atoms with Crippen LogP contribution in [0.3, 0.4) is 0 Å². The van der Waals surface area contributed by atoms with Gasteiger partial charge in [-0.15, -0.1) is 0 Å². The molecule has 4 heteroatoms. The zero-order valence-electron chi connectivity index (χ0n) is 10.4. The molecule has 0 bridgehead atoms. The summed E-state index contributed by atoms with van der Waals surface area (Å²) in [6.45, 7) is 0.453. The van der Waals surface area contributed by atoms with E-state index < -0.39 is 0 Å². The molecule has 1 saturated heterocycles. The predicted octanol–water partition coefficient (Wildman–Crippen LogP) is 2.27. The number of carbonyl (C=O) groups excluding carboxylic acids is 2. The standard InChI is InChI=1S/C15H14FNO2/c16-12-3-6-14-11(7-12)2-5-13-4-1-10(9-18)8-17(13)15(14)19/h2-3,5-7,9-10,13H,1,4,8H2/t10-,13-/m0/s1. The predicted molar refractivity (Wildman–Crippen MR) is 69.0 cm³/mol. The van der Waals surface area contributed by atoms with Gasteiger partial charge in [0.1, 0.15) is 12.1 Å². The maximum Gasteiger partial charge on any atom is 0.254 e. The lowest BCUT2D eigenvalue weighted by Crippen LogP contribution is -2.46. The van der Waals surface area contributed by atoms with E-state index in [0.717, 1.165) is 19.1 Å². The second kappa shape index (κ2) is 4.61. The van der Waals surface area contributed by atoms with Gasteiger partial charge in [-0.05, 0) is 36.6 Å². The van der Waals surface area contributed by atoms with Crippen molar-refractivity contribution in [2.24, 2.45) is 5.92 Å². The molecule has 0 N–H and O–H groups in total. The van der Waals surface area contributed by atoms with Gasteiger partial charge in [-0.25, -0.2) is 4.39 Å². The monoisotopic (exact) mass is 259 g/mol. The zero-order valence-corrected chi connectivity index (χ0v) is 10.4. The molecule has 0 unspecified atom stereocenters. The third-order valence-electron chi connectivity index (χ3n) is 3.86. The van der Waals surface area contributed by atoms with Crippen molar-refractivity contribution >= 4 is 18.3 Å². The van der Waals surface area contributed by atoms with Gasteiger partial charge >= 0.3 is 0 Å². The van der Waals surface area contributed by atoms with Crippen LogP contribution in [0.15, 0.2) is 24.3 Å². The summed E-state index contributed by atoms with van der Waals surface area (Å²) >= 11 is 0. The number of halogens is 1. The Morgan fingerprint density at radius 3 is 2.95 bits per heavy atom. The van der Waals surface area contributed by atoms with Crippen LogP contribution in [-0.2, 0) is 4.79 Å². The first-order valence-corrected chi connectivity index (χ1v) is 6.43. The topological polar surface area (TPSA) is 37.4 Å². The van der Waals surface area contributed by atoms with Gasteiger partial charge in [0, 0.05) is 18.0 Å². The normalized spacial score (nSPS) is 25.5. The van der Waals surface area contributed by atoms with Crippen LogP contribution in [-0.4, -0.2) is 29.7 Å². The van der Waals surface area contributed by atoms with E-state index in [4.69, 9.17) is 0 Å². The number of fused-ring (bicyclic) bond motifs is 2. The van der Waals surface area contributed by atoms with Crippen LogP contribution in [0.4, 0.5) is 4.39 Å². The van der Waals surface area contributed by atoms with Crippen LogP contribution in [0.25, 0.3) is 6.08 Å². The Labute approximate surface area is 110 Å². The molecule has 2 aliphatic rings. The molecular formula is C15H14FNO2. The lowest BCUT2D eigenvalue weighted by atomic mass is 9.93. The number of carbonyl (C=O) groups is 2. The summed E-state index contributed by atoms with van der Waals surface area (Å²) in [4.78, 5) is 25.1. The van der Waals surface area contributed by atoms with Crippen molar-refractivity contribution in [3.8, 4) is 0 Å². The lowest BCUT2D eigenvalue weighted by molar-refractivity contribution is -0.112. The molecule has 1 aromatic carbocycles. The molecular weight excluding hydrogens is 245 g/mol. The van der Waals surface area contributed by atoms with Crippen molar-refractivity contribution in [3.63, 3.8) is 0 Å². The molecule has 98 valence electrons. The van der Waals surface area contributed by atoms with E-state index in [1.807, 2.05) is 12.2 Å². The molecule has 1 fully saturated rings. The minimum Gasteiger partial charge on any atom is -0.331 e. The fourth-order valence-electron chi connectivity index (χ4n) is 2.80. The van der Waals surface area contributed by atoms with Gasteiger partial charge < -0.3 is 9.69 Å². The highest BCUT2D eigenvalue weighted by Crippen LogP contribution is 2.28. The number of benzene rings is 1. The summed E-state index contributed by atoms with van der Waals surface area (Å²) in [6, 6.07) is 4.20. The Hall–Kier alpha value is -1.97. The number of amides is 1. The highest BCUT2D eigenvalue weighted by Gasteiger charge is 2.32. The third-order valence-corrected chi connectivity index (χ3v) is 3.86. The SMILES string of the molecule is O=C[C@H]1CC[C@H]2C=Cc3cc(F)ccc3C(=O)N2C1. The first-order chi connectivity index (χ1) is 9.19. The number of rotatable bonds is 1. The van der Waals surface area contributed by atoms with E-state index in [1.165, 1.54) is 18.2 Å². The zero-order chi connectivity index (χ0) is 13.4. The van der Waals surface area contributed by atoms with E-state index in [-0.39, 0.29) is 23.7 Å². The van der Waals surface area contributed by atoms with E-state index in [0.29, 0.717) is 17.7 Å². The smallest absolute Gasteiger partial charge is 0.254 e. The summed E-state index contributed by atoms with van der Waals surface area (Å²) in [5, 5.41) is 0. The second-order valence-electron chi connectivity index (χ2n) is 5.09. The molecule has 0 radical (unpaired) electrons. The average molecular weight is 259 g/mol. The Bertz CT molecular complexity index is 567. The average Bonchev–Trinajstić information content (AvgIpc) is 2.56. The number of nitrogens with zero attached hydrogens (tertiary/aromatic N) is 1. The molecule has 1 amide bonds. The van der Waals surface area contributed by atoms with Crippen molar-refractivity contribution in [1.29, 1.82) is 0 Å². The first kappa shape index (κ1) is 12.1. The van der Waals surface area contributed by atoms with Gasteiger partial charge in [0.15, 0.2) is 0 Å². The van der Waals surface area contributed by atoms with Crippen molar-refractivity contribution in [2.75, 3.05) is 6.54 Å².